The van der Waals surface area contributed by atoms with Crippen LogP contribution in [0.15, 0.2) is 85.1 Å². The van der Waals surface area contributed by atoms with Crippen molar-refractivity contribution in [3.63, 3.8) is 0 Å². The van der Waals surface area contributed by atoms with E-state index in [1.807, 2.05) is 66.9 Å². The molecule has 4 heteroatoms. The Kier molecular flexibility index (Phi) is 3.35. The third-order valence-corrected chi connectivity index (χ3v) is 4.14. The van der Waals surface area contributed by atoms with Crippen LogP contribution in [0.1, 0.15) is 0 Å². The smallest absolute Gasteiger partial charge is 0.277 e. The van der Waals surface area contributed by atoms with Crippen molar-refractivity contribution in [2.45, 2.75) is 0 Å². The van der Waals surface area contributed by atoms with E-state index in [2.05, 4.69) is 4.57 Å². The van der Waals surface area contributed by atoms with E-state index in [4.69, 9.17) is 0 Å². The molecule has 0 bridgehead atoms. The number of fused-ring (bicyclic) bond motifs is 1. The average Bonchev–Trinajstić information content (AvgIpc) is 3.05. The summed E-state index contributed by atoms with van der Waals surface area (Å²) in [6.07, 6.45) is 2.02. The van der Waals surface area contributed by atoms with E-state index in [9.17, 15) is 10.1 Å². The third-order valence-electron chi connectivity index (χ3n) is 4.14. The summed E-state index contributed by atoms with van der Waals surface area (Å²) in [5.41, 5.74) is 3.68. The van der Waals surface area contributed by atoms with Gasteiger partial charge in [0.15, 0.2) is 0 Å². The van der Waals surface area contributed by atoms with Gasteiger partial charge < -0.3 is 4.57 Å². The number of rotatable bonds is 3. The highest BCUT2D eigenvalue weighted by Crippen LogP contribution is 2.32. The van der Waals surface area contributed by atoms with Crippen LogP contribution >= 0.6 is 0 Å². The van der Waals surface area contributed by atoms with Gasteiger partial charge in [0.2, 0.25) is 0 Å². The lowest BCUT2D eigenvalue weighted by molar-refractivity contribution is -0.384. The number of nitro benzene ring substituents is 1. The van der Waals surface area contributed by atoms with Crippen LogP contribution in [0.3, 0.4) is 0 Å². The molecule has 0 atom stereocenters. The van der Waals surface area contributed by atoms with Crippen molar-refractivity contribution in [2.75, 3.05) is 0 Å². The van der Waals surface area contributed by atoms with E-state index in [1.165, 1.54) is 6.07 Å². The molecule has 4 nitrogen and oxygen atoms in total. The second kappa shape index (κ2) is 5.66. The molecule has 0 spiro atoms. The van der Waals surface area contributed by atoms with Gasteiger partial charge in [-0.05, 0) is 41.3 Å². The lowest BCUT2D eigenvalue weighted by Gasteiger charge is -2.08. The Labute approximate surface area is 138 Å². The highest BCUT2D eigenvalue weighted by molar-refractivity contribution is 5.88. The Morgan fingerprint density at radius 3 is 2.38 bits per heavy atom. The number of nitrogens with zero attached hydrogens (tertiary/aromatic N) is 2. The van der Waals surface area contributed by atoms with Gasteiger partial charge in [-0.25, -0.2) is 0 Å². The van der Waals surface area contributed by atoms with E-state index in [-0.39, 0.29) is 10.6 Å². The zero-order valence-corrected chi connectivity index (χ0v) is 12.8. The molecule has 0 N–H and O–H groups in total. The number of aromatic nitrogens is 1. The topological polar surface area (TPSA) is 48.1 Å². The minimum atomic E-state index is -0.338. The summed E-state index contributed by atoms with van der Waals surface area (Å²) >= 11 is 0. The molecular formula is C20H14N2O2. The van der Waals surface area contributed by atoms with Crippen LogP contribution in [0.4, 0.5) is 5.69 Å². The number of hydrogen-bond acceptors (Lipinski definition) is 2. The molecule has 0 saturated heterocycles. The van der Waals surface area contributed by atoms with Crippen molar-refractivity contribution in [1.82, 2.24) is 4.57 Å². The summed E-state index contributed by atoms with van der Waals surface area (Å²) in [7, 11) is 0. The summed E-state index contributed by atoms with van der Waals surface area (Å²) in [5, 5.41) is 12.4. The monoisotopic (exact) mass is 314 g/mol. The SMILES string of the molecule is O=[N+]([O-])c1ccccc1-c1ccc2ccn(-c3ccccc3)c2c1. The fourth-order valence-corrected chi connectivity index (χ4v) is 2.99. The van der Waals surface area contributed by atoms with Crippen LogP contribution in [0.2, 0.25) is 0 Å². The van der Waals surface area contributed by atoms with Crippen LogP contribution in [0, 0.1) is 10.1 Å². The fraction of sp³-hybridized carbons (Fsp3) is 0. The second-order valence-corrected chi connectivity index (χ2v) is 5.57. The van der Waals surface area contributed by atoms with Gasteiger partial charge in [0, 0.05) is 18.0 Å². The number of nitro groups is 1. The van der Waals surface area contributed by atoms with E-state index in [0.29, 0.717) is 5.56 Å². The molecule has 1 aromatic heterocycles. The van der Waals surface area contributed by atoms with E-state index < -0.39 is 0 Å². The Morgan fingerprint density at radius 2 is 1.58 bits per heavy atom. The highest BCUT2D eigenvalue weighted by Gasteiger charge is 2.15. The molecule has 1 heterocycles. The van der Waals surface area contributed by atoms with E-state index in [1.54, 1.807) is 12.1 Å². The van der Waals surface area contributed by atoms with Gasteiger partial charge in [0.05, 0.1) is 16.0 Å². The van der Waals surface area contributed by atoms with Crippen molar-refractivity contribution >= 4 is 16.6 Å². The Morgan fingerprint density at radius 1 is 0.833 bits per heavy atom. The zero-order chi connectivity index (χ0) is 16.5. The van der Waals surface area contributed by atoms with Gasteiger partial charge in [-0.3, -0.25) is 10.1 Å². The molecule has 3 aromatic carbocycles. The maximum atomic E-state index is 11.3. The molecule has 0 amide bonds. The molecule has 24 heavy (non-hydrogen) atoms. The third kappa shape index (κ3) is 2.34. The number of hydrogen-bond donors (Lipinski definition) is 0. The molecule has 0 aliphatic carbocycles. The maximum Gasteiger partial charge on any atom is 0.277 e. The van der Waals surface area contributed by atoms with Crippen LogP contribution < -0.4 is 0 Å². The average molecular weight is 314 g/mol. The van der Waals surface area contributed by atoms with Gasteiger partial charge in [-0.15, -0.1) is 0 Å². The van der Waals surface area contributed by atoms with Crippen LogP contribution in [0.25, 0.3) is 27.7 Å². The van der Waals surface area contributed by atoms with Crippen LogP contribution in [-0.2, 0) is 0 Å². The largest absolute Gasteiger partial charge is 0.317 e. The van der Waals surface area contributed by atoms with Crippen molar-refractivity contribution in [3.8, 4) is 16.8 Å². The minimum Gasteiger partial charge on any atom is -0.317 e. The highest BCUT2D eigenvalue weighted by atomic mass is 16.6. The zero-order valence-electron chi connectivity index (χ0n) is 12.8. The number of para-hydroxylation sites is 2. The Bertz CT molecular complexity index is 1040. The molecule has 0 radical (unpaired) electrons. The fourth-order valence-electron chi connectivity index (χ4n) is 2.99. The molecule has 0 aliphatic rings. The second-order valence-electron chi connectivity index (χ2n) is 5.57. The molecule has 4 aromatic rings. The summed E-state index contributed by atoms with van der Waals surface area (Å²) < 4.78 is 2.09. The van der Waals surface area contributed by atoms with Gasteiger partial charge in [0.25, 0.3) is 5.69 Å². The quantitative estimate of drug-likeness (QED) is 0.385. The first-order chi connectivity index (χ1) is 11.7. The summed E-state index contributed by atoms with van der Waals surface area (Å²) in [4.78, 5) is 11.0. The lowest BCUT2D eigenvalue weighted by atomic mass is 10.0. The maximum absolute atomic E-state index is 11.3. The first kappa shape index (κ1) is 14.2. The van der Waals surface area contributed by atoms with Gasteiger partial charge in [-0.1, -0.05) is 42.5 Å². The summed E-state index contributed by atoms with van der Waals surface area (Å²) in [6, 6.07) is 24.9. The van der Waals surface area contributed by atoms with Gasteiger partial charge in [0.1, 0.15) is 0 Å². The van der Waals surface area contributed by atoms with Crippen molar-refractivity contribution < 1.29 is 4.92 Å². The standard InChI is InChI=1S/C20H14N2O2/c23-22(24)19-9-5-4-8-18(19)16-11-10-15-12-13-21(20(15)14-16)17-6-2-1-3-7-17/h1-14H. The van der Waals surface area contributed by atoms with Gasteiger partial charge in [-0.2, -0.15) is 0 Å². The van der Waals surface area contributed by atoms with Crippen LogP contribution in [0.5, 0.6) is 0 Å². The molecule has 0 unspecified atom stereocenters. The van der Waals surface area contributed by atoms with E-state index in [0.717, 1.165) is 22.2 Å². The normalized spacial score (nSPS) is 10.8. The predicted molar refractivity (Wildman–Crippen MR) is 95.4 cm³/mol. The van der Waals surface area contributed by atoms with Crippen molar-refractivity contribution in [2.24, 2.45) is 0 Å². The molecule has 0 aliphatic heterocycles. The summed E-state index contributed by atoms with van der Waals surface area (Å²) in [5.74, 6) is 0. The molecule has 0 fully saturated rings. The molecule has 4 rings (SSSR count). The van der Waals surface area contributed by atoms with Gasteiger partial charge >= 0.3 is 0 Å². The summed E-state index contributed by atoms with van der Waals surface area (Å²) in [6.45, 7) is 0. The molecule has 116 valence electrons. The number of benzene rings is 3. The van der Waals surface area contributed by atoms with Crippen molar-refractivity contribution in [1.29, 1.82) is 0 Å². The van der Waals surface area contributed by atoms with Crippen LogP contribution in [-0.4, -0.2) is 9.49 Å². The first-order valence-corrected chi connectivity index (χ1v) is 7.64. The molecule has 0 saturated carbocycles. The van der Waals surface area contributed by atoms with Crippen molar-refractivity contribution in [3.05, 3.63) is 95.2 Å². The molecular weight excluding hydrogens is 300 g/mol. The minimum absolute atomic E-state index is 0.120. The first-order valence-electron chi connectivity index (χ1n) is 7.64. The lowest BCUT2D eigenvalue weighted by Crippen LogP contribution is -1.93. The van der Waals surface area contributed by atoms with E-state index >= 15 is 0 Å². The predicted octanol–water partition coefficient (Wildman–Crippen LogP) is 5.21. The Balaban J connectivity index is 1.92. The Hall–Kier alpha value is -3.40.